The van der Waals surface area contributed by atoms with E-state index in [2.05, 4.69) is 19.1 Å². The van der Waals surface area contributed by atoms with Crippen LogP contribution in [0.2, 0.25) is 0 Å². The first-order valence-electron chi connectivity index (χ1n) is 9.61. The smallest absolute Gasteiger partial charge is 0.151 e. The predicted octanol–water partition coefficient (Wildman–Crippen LogP) is 5.21. The Morgan fingerprint density at radius 3 is 2.08 bits per heavy atom. The van der Waals surface area contributed by atoms with E-state index >= 15 is 0 Å². The Kier molecular flexibility index (Phi) is 5.22. The molecule has 0 saturated heterocycles. The molecule has 2 saturated carbocycles. The molecule has 0 N–H and O–H groups in total. The van der Waals surface area contributed by atoms with E-state index in [1.165, 1.54) is 44.1 Å². The van der Waals surface area contributed by atoms with E-state index in [0.29, 0.717) is 12.3 Å². The first-order valence-corrected chi connectivity index (χ1v) is 9.61. The zero-order chi connectivity index (χ0) is 17.3. The largest absolute Gasteiger partial charge is 0.298 e. The number of carbonyl (C=O) groups is 2. The van der Waals surface area contributed by atoms with E-state index < -0.39 is 5.92 Å². The fraction of sp³-hybridized carbons (Fsp3) is 0.636. The number of hydrogen-bond donors (Lipinski definition) is 0. The summed E-state index contributed by atoms with van der Waals surface area (Å²) in [6.45, 7) is 6.14. The van der Waals surface area contributed by atoms with Gasteiger partial charge in [0.15, 0.2) is 5.78 Å². The van der Waals surface area contributed by atoms with Crippen LogP contribution in [0.4, 0.5) is 0 Å². The lowest BCUT2D eigenvalue weighted by Gasteiger charge is -2.19. The topological polar surface area (TPSA) is 34.1 Å². The average Bonchev–Trinajstić information content (AvgIpc) is 2.70. The van der Waals surface area contributed by atoms with Gasteiger partial charge in [0.05, 0.1) is 0 Å². The Morgan fingerprint density at radius 2 is 1.50 bits per heavy atom. The number of benzene rings is 1. The van der Waals surface area contributed by atoms with Crippen LogP contribution in [0.3, 0.4) is 0 Å². The Bertz CT molecular complexity index is 612. The summed E-state index contributed by atoms with van der Waals surface area (Å²) in [6.07, 6.45) is 9.13. The molecule has 2 heteroatoms. The van der Waals surface area contributed by atoms with Crippen LogP contribution in [-0.4, -0.2) is 11.6 Å². The fourth-order valence-corrected chi connectivity index (χ4v) is 5.01. The first kappa shape index (κ1) is 17.4. The van der Waals surface area contributed by atoms with Crippen LogP contribution in [0, 0.1) is 32.6 Å². The molecule has 2 aliphatic carbocycles. The van der Waals surface area contributed by atoms with E-state index in [1.807, 2.05) is 13.8 Å². The van der Waals surface area contributed by atoms with Gasteiger partial charge in [0.2, 0.25) is 0 Å². The molecule has 0 heterocycles. The lowest BCUT2D eigenvalue weighted by Crippen LogP contribution is -2.19. The summed E-state index contributed by atoms with van der Waals surface area (Å²) >= 11 is 0. The van der Waals surface area contributed by atoms with Crippen molar-refractivity contribution in [3.05, 3.63) is 34.4 Å². The molecule has 2 unspecified atom stereocenters. The minimum absolute atomic E-state index is 0.0364. The van der Waals surface area contributed by atoms with Crippen LogP contribution in [0.5, 0.6) is 0 Å². The van der Waals surface area contributed by atoms with Crippen molar-refractivity contribution in [2.45, 2.75) is 78.1 Å². The number of Topliss-reactive ketones (excluding diaryl/α,β-unsaturated/α-hetero) is 2. The molecule has 0 spiro atoms. The van der Waals surface area contributed by atoms with Crippen molar-refractivity contribution in [1.82, 2.24) is 0 Å². The third-order valence-corrected chi connectivity index (χ3v) is 6.08. The van der Waals surface area contributed by atoms with E-state index in [-0.39, 0.29) is 17.5 Å². The number of rotatable bonds is 3. The van der Waals surface area contributed by atoms with Crippen LogP contribution >= 0.6 is 0 Å². The molecule has 0 aromatic heterocycles. The van der Waals surface area contributed by atoms with Crippen molar-refractivity contribution in [3.63, 3.8) is 0 Å². The normalized spacial score (nSPS) is 26.0. The van der Waals surface area contributed by atoms with Gasteiger partial charge in [0.25, 0.3) is 0 Å². The summed E-state index contributed by atoms with van der Waals surface area (Å²) in [5.41, 5.74) is 4.37. The summed E-state index contributed by atoms with van der Waals surface area (Å²) in [6, 6.07) is 4.20. The molecule has 2 atom stereocenters. The second-order valence-electron chi connectivity index (χ2n) is 8.11. The maximum atomic E-state index is 13.0. The minimum atomic E-state index is -0.499. The van der Waals surface area contributed by atoms with Crippen LogP contribution in [-0.2, 0) is 9.59 Å². The average molecular weight is 326 g/mol. The predicted molar refractivity (Wildman–Crippen MR) is 97.3 cm³/mol. The van der Waals surface area contributed by atoms with Crippen LogP contribution in [0.15, 0.2) is 12.1 Å². The number of hydrogen-bond acceptors (Lipinski definition) is 2. The van der Waals surface area contributed by atoms with E-state index in [0.717, 1.165) is 23.1 Å². The number of aryl methyl sites for hydroxylation is 3. The first-order chi connectivity index (χ1) is 11.5. The third-order valence-electron chi connectivity index (χ3n) is 6.08. The Balaban J connectivity index is 1.79. The summed E-state index contributed by atoms with van der Waals surface area (Å²) in [7, 11) is 0. The van der Waals surface area contributed by atoms with Crippen LogP contribution in [0.25, 0.3) is 0 Å². The molecule has 1 aromatic carbocycles. The lowest BCUT2D eigenvalue weighted by atomic mass is 9.84. The van der Waals surface area contributed by atoms with Crippen LogP contribution < -0.4 is 0 Å². The molecule has 0 aliphatic heterocycles. The van der Waals surface area contributed by atoms with Gasteiger partial charge in [-0.2, -0.15) is 0 Å². The highest BCUT2D eigenvalue weighted by Crippen LogP contribution is 2.40. The molecule has 2 fully saturated rings. The Hall–Kier alpha value is -1.44. The van der Waals surface area contributed by atoms with Gasteiger partial charge in [0.1, 0.15) is 11.7 Å². The Morgan fingerprint density at radius 1 is 0.917 bits per heavy atom. The van der Waals surface area contributed by atoms with Gasteiger partial charge in [-0.25, -0.2) is 0 Å². The van der Waals surface area contributed by atoms with Gasteiger partial charge in [-0.05, 0) is 49.8 Å². The second-order valence-corrected chi connectivity index (χ2v) is 8.11. The maximum absolute atomic E-state index is 13.0. The zero-order valence-corrected chi connectivity index (χ0v) is 15.4. The molecule has 3 rings (SSSR count). The molecule has 1 aromatic rings. The van der Waals surface area contributed by atoms with E-state index in [4.69, 9.17) is 0 Å². The van der Waals surface area contributed by atoms with Crippen molar-refractivity contribution >= 4 is 11.6 Å². The van der Waals surface area contributed by atoms with Gasteiger partial charge in [0, 0.05) is 12.3 Å². The summed E-state index contributed by atoms with van der Waals surface area (Å²) in [4.78, 5) is 25.7. The number of ketones is 2. The standard InChI is InChI=1S/C22H30O2/c1-14-10-15(2)20(16(3)11-14)21-19(23)13-18(22(21)24)12-17-8-6-4-5-7-9-17/h10-11,17-18,21H,4-9,12-13H2,1-3H3. The molecule has 0 radical (unpaired) electrons. The molecule has 24 heavy (non-hydrogen) atoms. The van der Waals surface area contributed by atoms with Crippen LogP contribution in [0.1, 0.15) is 79.5 Å². The summed E-state index contributed by atoms with van der Waals surface area (Å²) in [5, 5.41) is 0. The highest BCUT2D eigenvalue weighted by molar-refractivity contribution is 6.14. The monoisotopic (exact) mass is 326 g/mol. The van der Waals surface area contributed by atoms with Gasteiger partial charge < -0.3 is 0 Å². The highest BCUT2D eigenvalue weighted by Gasteiger charge is 2.43. The SMILES string of the molecule is Cc1cc(C)c(C2C(=O)CC(CC3CCCCCC3)C2=O)c(C)c1. The molecule has 2 aliphatic rings. The molecular weight excluding hydrogens is 296 g/mol. The maximum Gasteiger partial charge on any atom is 0.151 e. The van der Waals surface area contributed by atoms with E-state index in [9.17, 15) is 9.59 Å². The van der Waals surface area contributed by atoms with Gasteiger partial charge in [-0.3, -0.25) is 9.59 Å². The molecule has 2 nitrogen and oxygen atoms in total. The number of carbonyl (C=O) groups excluding carboxylic acids is 2. The zero-order valence-electron chi connectivity index (χ0n) is 15.4. The van der Waals surface area contributed by atoms with Crippen molar-refractivity contribution < 1.29 is 9.59 Å². The van der Waals surface area contributed by atoms with Gasteiger partial charge in [-0.1, -0.05) is 56.2 Å². The van der Waals surface area contributed by atoms with Crippen molar-refractivity contribution in [3.8, 4) is 0 Å². The van der Waals surface area contributed by atoms with E-state index in [1.54, 1.807) is 0 Å². The quantitative estimate of drug-likeness (QED) is 0.564. The summed E-state index contributed by atoms with van der Waals surface area (Å²) in [5.74, 6) is 0.452. The lowest BCUT2D eigenvalue weighted by molar-refractivity contribution is -0.125. The molecule has 130 valence electrons. The molecular formula is C22H30O2. The molecule has 0 amide bonds. The van der Waals surface area contributed by atoms with Gasteiger partial charge in [-0.15, -0.1) is 0 Å². The second kappa shape index (κ2) is 7.21. The third kappa shape index (κ3) is 3.48. The highest BCUT2D eigenvalue weighted by atomic mass is 16.2. The Labute approximate surface area is 146 Å². The fourth-order valence-electron chi connectivity index (χ4n) is 5.01. The van der Waals surface area contributed by atoms with Crippen molar-refractivity contribution in [1.29, 1.82) is 0 Å². The minimum Gasteiger partial charge on any atom is -0.298 e. The molecule has 0 bridgehead atoms. The summed E-state index contributed by atoms with van der Waals surface area (Å²) < 4.78 is 0. The van der Waals surface area contributed by atoms with Gasteiger partial charge >= 0.3 is 0 Å². The van der Waals surface area contributed by atoms with Crippen molar-refractivity contribution in [2.24, 2.45) is 11.8 Å². The van der Waals surface area contributed by atoms with Crippen molar-refractivity contribution in [2.75, 3.05) is 0 Å².